The second-order valence-electron chi connectivity index (χ2n) is 5.99. The van der Waals surface area contributed by atoms with Gasteiger partial charge in [0.1, 0.15) is 5.82 Å². The summed E-state index contributed by atoms with van der Waals surface area (Å²) in [6.07, 6.45) is 3.91. The van der Waals surface area contributed by atoms with Crippen molar-refractivity contribution in [3.05, 3.63) is 53.7 Å². The summed E-state index contributed by atoms with van der Waals surface area (Å²) in [6, 6.07) is 12.7. The van der Waals surface area contributed by atoms with Crippen LogP contribution in [0, 0.1) is 0 Å². The molecule has 0 atom stereocenters. The third kappa shape index (κ3) is 5.39. The van der Waals surface area contributed by atoms with Crippen molar-refractivity contribution in [3.8, 4) is 0 Å². The maximum Gasteiger partial charge on any atom is 0.193 e. The van der Waals surface area contributed by atoms with Crippen LogP contribution in [0.4, 0.5) is 5.82 Å². The molecular formula is C19H27N5S. The van der Waals surface area contributed by atoms with Crippen LogP contribution in [-0.2, 0) is 13.1 Å². The zero-order chi connectivity index (χ0) is 18.2. The van der Waals surface area contributed by atoms with Gasteiger partial charge in [0.2, 0.25) is 0 Å². The Hall–Kier alpha value is -2.21. The lowest BCUT2D eigenvalue weighted by atomic mass is 10.2. The molecule has 0 spiro atoms. The number of anilines is 1. The second kappa shape index (κ2) is 9.32. The molecule has 0 fully saturated rings. The van der Waals surface area contributed by atoms with Gasteiger partial charge in [0.05, 0.1) is 0 Å². The Morgan fingerprint density at radius 2 is 1.88 bits per heavy atom. The van der Waals surface area contributed by atoms with Gasteiger partial charge < -0.3 is 15.1 Å². The number of guanidine groups is 1. The third-order valence-corrected chi connectivity index (χ3v) is 4.62. The summed E-state index contributed by atoms with van der Waals surface area (Å²) < 4.78 is 0. The van der Waals surface area contributed by atoms with Gasteiger partial charge in [-0.05, 0) is 30.0 Å². The van der Waals surface area contributed by atoms with Crippen LogP contribution in [0.2, 0.25) is 0 Å². The number of nitrogens with one attached hydrogen (secondary N) is 1. The van der Waals surface area contributed by atoms with E-state index in [1.807, 2.05) is 45.4 Å². The minimum Gasteiger partial charge on any atom is -0.362 e. The van der Waals surface area contributed by atoms with Crippen molar-refractivity contribution in [2.45, 2.75) is 18.0 Å². The lowest BCUT2D eigenvalue weighted by Gasteiger charge is -2.23. The minimum absolute atomic E-state index is 0.684. The molecule has 0 bridgehead atoms. The van der Waals surface area contributed by atoms with E-state index in [-0.39, 0.29) is 0 Å². The highest BCUT2D eigenvalue weighted by Gasteiger charge is 2.09. The fourth-order valence-corrected chi connectivity index (χ4v) is 3.02. The number of hydrogen-bond acceptors (Lipinski definition) is 4. The predicted octanol–water partition coefficient (Wildman–Crippen LogP) is 3.08. The Morgan fingerprint density at radius 1 is 1.16 bits per heavy atom. The van der Waals surface area contributed by atoms with E-state index in [0.29, 0.717) is 6.54 Å². The van der Waals surface area contributed by atoms with Crippen molar-refractivity contribution in [1.82, 2.24) is 15.2 Å². The quantitative estimate of drug-likeness (QED) is 0.489. The van der Waals surface area contributed by atoms with Gasteiger partial charge >= 0.3 is 0 Å². The van der Waals surface area contributed by atoms with E-state index >= 15 is 0 Å². The molecule has 1 aromatic heterocycles. The predicted molar refractivity (Wildman–Crippen MR) is 108 cm³/mol. The summed E-state index contributed by atoms with van der Waals surface area (Å²) in [5.74, 6) is 1.84. The van der Waals surface area contributed by atoms with Crippen LogP contribution < -0.4 is 10.2 Å². The van der Waals surface area contributed by atoms with Crippen molar-refractivity contribution in [2.24, 2.45) is 4.99 Å². The average molecular weight is 358 g/mol. The average Bonchev–Trinajstić information content (AvgIpc) is 2.63. The van der Waals surface area contributed by atoms with E-state index in [1.54, 1.807) is 11.8 Å². The van der Waals surface area contributed by atoms with Crippen molar-refractivity contribution >= 4 is 23.5 Å². The van der Waals surface area contributed by atoms with E-state index in [0.717, 1.165) is 23.9 Å². The molecule has 5 nitrogen and oxygen atoms in total. The van der Waals surface area contributed by atoms with E-state index in [1.165, 1.54) is 10.5 Å². The Kier molecular flexibility index (Phi) is 7.13. The van der Waals surface area contributed by atoms with Crippen LogP contribution in [0.3, 0.4) is 0 Å². The second-order valence-corrected chi connectivity index (χ2v) is 6.87. The molecule has 2 aromatic rings. The lowest BCUT2D eigenvalue weighted by molar-refractivity contribution is 0.476. The third-order valence-electron chi connectivity index (χ3n) is 3.88. The summed E-state index contributed by atoms with van der Waals surface area (Å²) in [5, 5.41) is 3.43. The van der Waals surface area contributed by atoms with Gasteiger partial charge in [-0.25, -0.2) is 4.98 Å². The smallest absolute Gasteiger partial charge is 0.193 e. The highest BCUT2D eigenvalue weighted by atomic mass is 32.2. The van der Waals surface area contributed by atoms with E-state index < -0.39 is 0 Å². The minimum atomic E-state index is 0.684. The molecule has 2 rings (SSSR count). The molecule has 0 saturated carbocycles. The number of hydrogen-bond donors (Lipinski definition) is 1. The first-order valence-corrected chi connectivity index (χ1v) is 9.43. The normalized spacial score (nSPS) is 11.3. The van der Waals surface area contributed by atoms with E-state index in [2.05, 4.69) is 56.8 Å². The summed E-state index contributed by atoms with van der Waals surface area (Å²) >= 11 is 1.76. The number of aliphatic imine (C=N–C) groups is 1. The first-order chi connectivity index (χ1) is 12.0. The highest BCUT2D eigenvalue weighted by Crippen LogP contribution is 2.16. The SMILES string of the molecule is CN=C(NCc1cccnc1N(C)C)N(C)Cc1ccc(SC)cc1. The Balaban J connectivity index is 1.99. The number of pyridine rings is 1. The van der Waals surface area contributed by atoms with Gasteiger partial charge in [0.15, 0.2) is 5.96 Å². The maximum absolute atomic E-state index is 4.44. The molecule has 134 valence electrons. The standard InChI is InChI=1S/C19H27N5S/c1-20-19(22-13-16-7-6-12-21-18(16)23(2)3)24(4)14-15-8-10-17(25-5)11-9-15/h6-12H,13-14H2,1-5H3,(H,20,22). The number of rotatable bonds is 6. The summed E-state index contributed by atoms with van der Waals surface area (Å²) in [7, 11) is 7.87. The van der Waals surface area contributed by atoms with Crippen molar-refractivity contribution in [2.75, 3.05) is 39.3 Å². The van der Waals surface area contributed by atoms with Gasteiger partial charge in [-0.1, -0.05) is 18.2 Å². The Morgan fingerprint density at radius 3 is 2.48 bits per heavy atom. The molecule has 25 heavy (non-hydrogen) atoms. The molecule has 6 heteroatoms. The molecule has 0 unspecified atom stereocenters. The zero-order valence-electron chi connectivity index (χ0n) is 15.7. The largest absolute Gasteiger partial charge is 0.362 e. The van der Waals surface area contributed by atoms with Gasteiger partial charge in [-0.3, -0.25) is 4.99 Å². The Labute approximate surface area is 155 Å². The number of thioether (sulfide) groups is 1. The number of benzene rings is 1. The topological polar surface area (TPSA) is 43.8 Å². The molecule has 0 radical (unpaired) electrons. The fourth-order valence-electron chi connectivity index (χ4n) is 2.61. The highest BCUT2D eigenvalue weighted by molar-refractivity contribution is 7.98. The monoisotopic (exact) mass is 357 g/mol. The first-order valence-electron chi connectivity index (χ1n) is 8.21. The van der Waals surface area contributed by atoms with Crippen molar-refractivity contribution in [1.29, 1.82) is 0 Å². The van der Waals surface area contributed by atoms with Gasteiger partial charge in [0, 0.05) is 57.9 Å². The molecular weight excluding hydrogens is 330 g/mol. The summed E-state index contributed by atoms with van der Waals surface area (Å²) in [5.41, 5.74) is 2.41. The molecule has 0 aliphatic rings. The van der Waals surface area contributed by atoms with E-state index in [9.17, 15) is 0 Å². The van der Waals surface area contributed by atoms with Crippen LogP contribution in [-0.4, -0.2) is 50.3 Å². The molecule has 0 aliphatic carbocycles. The zero-order valence-corrected chi connectivity index (χ0v) is 16.5. The van der Waals surface area contributed by atoms with Crippen LogP contribution in [0.5, 0.6) is 0 Å². The summed E-state index contributed by atoms with van der Waals surface area (Å²) in [6.45, 7) is 1.49. The first kappa shape index (κ1) is 19.1. The molecule has 0 saturated heterocycles. The number of aromatic nitrogens is 1. The fraction of sp³-hybridized carbons (Fsp3) is 0.368. The lowest BCUT2D eigenvalue weighted by Crippen LogP contribution is -2.38. The molecule has 1 heterocycles. The summed E-state index contributed by atoms with van der Waals surface area (Å²) in [4.78, 5) is 14.3. The molecule has 1 aromatic carbocycles. The van der Waals surface area contributed by atoms with Crippen LogP contribution >= 0.6 is 11.8 Å². The van der Waals surface area contributed by atoms with Crippen molar-refractivity contribution in [3.63, 3.8) is 0 Å². The molecule has 0 aliphatic heterocycles. The van der Waals surface area contributed by atoms with Crippen molar-refractivity contribution < 1.29 is 0 Å². The van der Waals surface area contributed by atoms with Gasteiger partial charge in [-0.2, -0.15) is 0 Å². The molecule has 1 N–H and O–H groups in total. The van der Waals surface area contributed by atoms with Gasteiger partial charge in [-0.15, -0.1) is 11.8 Å². The maximum atomic E-state index is 4.44. The Bertz CT molecular complexity index is 697. The van der Waals surface area contributed by atoms with E-state index in [4.69, 9.17) is 0 Å². The van der Waals surface area contributed by atoms with Crippen LogP contribution in [0.15, 0.2) is 52.5 Å². The molecule has 0 amide bonds. The van der Waals surface area contributed by atoms with Crippen LogP contribution in [0.25, 0.3) is 0 Å². The van der Waals surface area contributed by atoms with Gasteiger partial charge in [0.25, 0.3) is 0 Å². The number of nitrogens with zero attached hydrogens (tertiary/aromatic N) is 4. The van der Waals surface area contributed by atoms with Crippen LogP contribution in [0.1, 0.15) is 11.1 Å².